The van der Waals surface area contributed by atoms with Gasteiger partial charge in [0.05, 0.1) is 25.4 Å². The molecule has 0 aliphatic heterocycles. The Balaban J connectivity index is 0.000000694. The Morgan fingerprint density at radius 3 is 2.45 bits per heavy atom. The van der Waals surface area contributed by atoms with E-state index in [9.17, 15) is 28.1 Å². The molecule has 0 saturated heterocycles. The number of unbranched alkanes of at least 4 members (excludes halogenated alkanes) is 1. The number of ether oxygens (including phenoxy) is 2. The van der Waals surface area contributed by atoms with Crippen LogP contribution in [0.3, 0.4) is 0 Å². The van der Waals surface area contributed by atoms with Gasteiger partial charge in [-0.15, -0.1) is 10.1 Å². The molecule has 0 spiro atoms. The number of allylic oxidation sites excluding steroid dienone is 3. The summed E-state index contributed by atoms with van der Waals surface area (Å²) in [7, 11) is 1.00. The van der Waals surface area contributed by atoms with Crippen LogP contribution in [0.15, 0.2) is 48.6 Å². The van der Waals surface area contributed by atoms with Crippen LogP contribution in [0, 0.1) is 16.0 Å². The number of benzene rings is 1. The third-order valence-corrected chi connectivity index (χ3v) is 5.26. The fourth-order valence-corrected chi connectivity index (χ4v) is 3.43. The van der Waals surface area contributed by atoms with E-state index in [4.69, 9.17) is 14.6 Å². The second-order valence-electron chi connectivity index (χ2n) is 8.23. The van der Waals surface area contributed by atoms with Crippen molar-refractivity contribution in [2.24, 2.45) is 5.92 Å². The smallest absolute Gasteiger partial charge is 0.416 e. The molecule has 11 heteroatoms. The monoisotopic (exact) mass is 547 g/mol. The highest BCUT2D eigenvalue weighted by Crippen LogP contribution is 2.31. The van der Waals surface area contributed by atoms with E-state index in [1.807, 2.05) is 19.1 Å². The Morgan fingerprint density at radius 1 is 1.11 bits per heavy atom. The van der Waals surface area contributed by atoms with Crippen LogP contribution in [-0.2, 0) is 20.5 Å². The summed E-state index contributed by atoms with van der Waals surface area (Å²) in [5, 5.41) is 15.9. The molecule has 38 heavy (non-hydrogen) atoms. The van der Waals surface area contributed by atoms with Crippen LogP contribution in [0.25, 0.3) is 0 Å². The highest BCUT2D eigenvalue weighted by atomic mass is 19.4. The number of hydrogen-bond donors (Lipinski definition) is 1. The average molecular weight is 548 g/mol. The van der Waals surface area contributed by atoms with Crippen LogP contribution in [0.4, 0.5) is 13.2 Å². The van der Waals surface area contributed by atoms with Crippen LogP contribution in [-0.4, -0.2) is 43.1 Å². The lowest BCUT2D eigenvalue weighted by atomic mass is 10.1. The van der Waals surface area contributed by atoms with Gasteiger partial charge in [0.15, 0.2) is 0 Å². The first kappa shape index (κ1) is 34.9. The number of aliphatic hydroxyl groups is 1. The number of nitrogens with zero attached hydrogens (tertiary/aromatic N) is 1. The molecule has 0 atom stereocenters. The number of halogens is 3. The van der Waals surface area contributed by atoms with Crippen LogP contribution < -0.4 is 4.74 Å². The lowest BCUT2D eigenvalue weighted by molar-refractivity contribution is -0.757. The van der Waals surface area contributed by atoms with Crippen molar-refractivity contribution in [2.75, 3.05) is 26.9 Å². The zero-order valence-electron chi connectivity index (χ0n) is 22.2. The highest BCUT2D eigenvalue weighted by Gasteiger charge is 2.30. The molecule has 0 aromatic heterocycles. The SMILES string of the molecule is C/C=C\CCCC(=O)OCCCO[N+](=O)[O-].CO.FC(F)(F)c1cccc(OCC/C=C/C2CCCC2)c1. The minimum absolute atomic E-state index is 0.0428. The Hall–Kier alpha value is -3.08. The van der Waals surface area contributed by atoms with Crippen LogP contribution in [0.1, 0.15) is 70.3 Å². The summed E-state index contributed by atoms with van der Waals surface area (Å²) in [6, 6.07) is 5.01. The van der Waals surface area contributed by atoms with Crippen LogP contribution in [0.5, 0.6) is 5.75 Å². The highest BCUT2D eigenvalue weighted by molar-refractivity contribution is 5.69. The minimum Gasteiger partial charge on any atom is -0.493 e. The van der Waals surface area contributed by atoms with Gasteiger partial charge in [-0.2, -0.15) is 13.2 Å². The molecule has 0 bridgehead atoms. The largest absolute Gasteiger partial charge is 0.493 e. The maximum absolute atomic E-state index is 12.5. The van der Waals surface area contributed by atoms with Crippen LogP contribution >= 0.6 is 0 Å². The van der Waals surface area contributed by atoms with Gasteiger partial charge in [-0.05, 0) is 63.1 Å². The molecule has 2 rings (SSSR count). The number of carbonyl (C=O) groups is 1. The summed E-state index contributed by atoms with van der Waals surface area (Å²) in [4.78, 5) is 24.9. The number of rotatable bonds is 14. The Morgan fingerprint density at radius 2 is 1.82 bits per heavy atom. The lowest BCUT2D eigenvalue weighted by Gasteiger charge is -2.09. The molecule has 216 valence electrons. The fraction of sp³-hybridized carbons (Fsp3) is 0.593. The van der Waals surface area contributed by atoms with Gasteiger partial charge in [0.2, 0.25) is 0 Å². The summed E-state index contributed by atoms with van der Waals surface area (Å²) in [5.41, 5.74) is -0.670. The molecule has 1 N–H and O–H groups in total. The van der Waals surface area contributed by atoms with Crippen molar-refractivity contribution in [3.8, 4) is 5.75 Å². The van der Waals surface area contributed by atoms with Crippen molar-refractivity contribution in [2.45, 2.75) is 70.9 Å². The molecule has 0 unspecified atom stereocenters. The van der Waals surface area contributed by atoms with Crippen molar-refractivity contribution < 1.29 is 42.5 Å². The minimum atomic E-state index is -4.32. The molecule has 1 aromatic rings. The molecule has 8 nitrogen and oxygen atoms in total. The van der Waals surface area contributed by atoms with Gasteiger partial charge in [0, 0.05) is 20.0 Å². The number of aliphatic hydroxyl groups excluding tert-OH is 1. The fourth-order valence-electron chi connectivity index (χ4n) is 3.43. The second kappa shape index (κ2) is 22.0. The van der Waals surface area contributed by atoms with E-state index in [0.29, 0.717) is 25.4 Å². The molecular formula is C27H40F3NO7. The summed E-state index contributed by atoms with van der Waals surface area (Å²) in [6.45, 7) is 2.45. The average Bonchev–Trinajstić information content (AvgIpc) is 3.41. The lowest BCUT2D eigenvalue weighted by Crippen LogP contribution is -2.09. The maximum atomic E-state index is 12.5. The van der Waals surface area contributed by atoms with Gasteiger partial charge in [-0.3, -0.25) is 4.79 Å². The predicted octanol–water partition coefficient (Wildman–Crippen LogP) is 6.70. The quantitative estimate of drug-likeness (QED) is 0.0907. The molecule has 1 fully saturated rings. The van der Waals surface area contributed by atoms with Crippen LogP contribution in [0.2, 0.25) is 0 Å². The zero-order chi connectivity index (χ0) is 28.7. The number of alkyl halides is 3. The molecule has 1 saturated carbocycles. The van der Waals surface area contributed by atoms with Gasteiger partial charge >= 0.3 is 12.1 Å². The number of hydrogen-bond acceptors (Lipinski definition) is 7. The van der Waals surface area contributed by atoms with Gasteiger partial charge < -0.3 is 19.4 Å². The number of carbonyl (C=O) groups excluding carboxylic acids is 1. The van der Waals surface area contributed by atoms with Gasteiger partial charge in [0.25, 0.3) is 5.09 Å². The van der Waals surface area contributed by atoms with Gasteiger partial charge in [-0.1, -0.05) is 43.2 Å². The normalized spacial score (nSPS) is 13.4. The van der Waals surface area contributed by atoms with E-state index in [0.717, 1.165) is 38.5 Å². The zero-order valence-corrected chi connectivity index (χ0v) is 22.2. The molecule has 1 aliphatic carbocycles. The molecule has 0 heterocycles. The Labute approximate surface area is 222 Å². The third-order valence-electron chi connectivity index (χ3n) is 5.26. The third kappa shape index (κ3) is 19.1. The summed E-state index contributed by atoms with van der Waals surface area (Å²) >= 11 is 0. The van der Waals surface area contributed by atoms with E-state index in [1.165, 1.54) is 31.7 Å². The first-order valence-corrected chi connectivity index (χ1v) is 12.7. The predicted molar refractivity (Wildman–Crippen MR) is 138 cm³/mol. The van der Waals surface area contributed by atoms with Crippen molar-refractivity contribution in [3.63, 3.8) is 0 Å². The van der Waals surface area contributed by atoms with E-state index in [1.54, 1.807) is 6.07 Å². The molecular weight excluding hydrogens is 507 g/mol. The first-order chi connectivity index (χ1) is 18.2. The molecule has 0 radical (unpaired) electrons. The van der Waals surface area contributed by atoms with Crippen molar-refractivity contribution in [1.82, 2.24) is 0 Å². The van der Waals surface area contributed by atoms with Crippen molar-refractivity contribution in [1.29, 1.82) is 0 Å². The van der Waals surface area contributed by atoms with Gasteiger partial charge in [0.1, 0.15) is 5.75 Å². The van der Waals surface area contributed by atoms with Crippen molar-refractivity contribution >= 4 is 5.97 Å². The topological polar surface area (TPSA) is 108 Å². The molecule has 0 amide bonds. The standard InChI is InChI=1S/C16H19F3O.C10H17NO5.CH4O/c17-16(18,19)14-9-5-10-15(12-14)20-11-4-3-8-13-6-1-2-7-13;1-2-3-4-5-7-10(12)15-8-6-9-16-11(13)14;1-2/h3,5,8-10,12-13H,1-2,4,6-7,11H2;2-3H,4-9H2,1H3;2H,1H3/b8-3+;3-2-;. The van der Waals surface area contributed by atoms with E-state index < -0.39 is 16.8 Å². The van der Waals surface area contributed by atoms with E-state index in [2.05, 4.69) is 17.0 Å². The maximum Gasteiger partial charge on any atom is 0.416 e. The summed E-state index contributed by atoms with van der Waals surface area (Å²) in [6.07, 6.45) is 12.0. The first-order valence-electron chi connectivity index (χ1n) is 12.7. The Bertz CT molecular complexity index is 823. The summed E-state index contributed by atoms with van der Waals surface area (Å²) < 4.78 is 47.7. The van der Waals surface area contributed by atoms with Gasteiger partial charge in [-0.25, -0.2) is 0 Å². The summed E-state index contributed by atoms with van der Waals surface area (Å²) in [5.74, 6) is 0.684. The molecule has 1 aliphatic rings. The number of esters is 1. The molecule has 1 aromatic carbocycles. The Kier molecular flexibility index (Phi) is 20.2. The van der Waals surface area contributed by atoms with Crippen molar-refractivity contribution in [3.05, 3.63) is 64.2 Å². The van der Waals surface area contributed by atoms with E-state index in [-0.39, 0.29) is 24.9 Å². The van der Waals surface area contributed by atoms with E-state index >= 15 is 0 Å². The second-order valence-corrected chi connectivity index (χ2v) is 8.23.